The van der Waals surface area contributed by atoms with E-state index in [-0.39, 0.29) is 11.5 Å². The van der Waals surface area contributed by atoms with Gasteiger partial charge in [-0.05, 0) is 50.0 Å². The van der Waals surface area contributed by atoms with Gasteiger partial charge in [-0.2, -0.15) is 0 Å². The Balaban J connectivity index is 1.81. The molecule has 2 rings (SSSR count). The van der Waals surface area contributed by atoms with Crippen LogP contribution in [0.3, 0.4) is 0 Å². The molecule has 1 aliphatic heterocycles. The lowest BCUT2D eigenvalue weighted by Gasteiger charge is -2.40. The summed E-state index contributed by atoms with van der Waals surface area (Å²) in [5, 5.41) is 17.7. The minimum absolute atomic E-state index is 0.206. The molecule has 2 aliphatic rings. The molecule has 0 aromatic carbocycles. The molecule has 2 fully saturated rings. The SMILES string of the molecule is CC(C)(C)CC(O)CNC1CCCCC1C1CCCCN1. The number of rotatable bonds is 5. The minimum atomic E-state index is -0.216. The third-order valence-corrected chi connectivity index (χ3v) is 5.15. The van der Waals surface area contributed by atoms with E-state index in [4.69, 9.17) is 0 Å². The van der Waals surface area contributed by atoms with Crippen LogP contribution in [-0.4, -0.2) is 36.4 Å². The van der Waals surface area contributed by atoms with Gasteiger partial charge in [-0.15, -0.1) is 0 Å². The number of piperidine rings is 1. The van der Waals surface area contributed by atoms with Crippen LogP contribution in [0.4, 0.5) is 0 Å². The summed E-state index contributed by atoms with van der Waals surface area (Å²) in [4.78, 5) is 0. The molecule has 1 heterocycles. The van der Waals surface area contributed by atoms with E-state index in [1.165, 1.54) is 51.5 Å². The third kappa shape index (κ3) is 5.88. The molecule has 0 spiro atoms. The van der Waals surface area contributed by atoms with Crippen molar-refractivity contribution in [3.05, 3.63) is 0 Å². The van der Waals surface area contributed by atoms with E-state index in [1.54, 1.807) is 0 Å². The van der Waals surface area contributed by atoms with Gasteiger partial charge in [0.2, 0.25) is 0 Å². The first-order valence-corrected chi connectivity index (χ1v) is 9.10. The lowest BCUT2D eigenvalue weighted by atomic mass is 9.77. The standard InChI is InChI=1S/C18H36N2O/c1-18(2,3)12-14(21)13-20-17-9-5-4-8-15(17)16-10-6-7-11-19-16/h14-17,19-21H,4-13H2,1-3H3. The zero-order chi connectivity index (χ0) is 15.3. The van der Waals surface area contributed by atoms with Crippen LogP contribution >= 0.6 is 0 Å². The van der Waals surface area contributed by atoms with E-state index in [0.29, 0.717) is 12.1 Å². The molecule has 0 radical (unpaired) electrons. The van der Waals surface area contributed by atoms with Crippen molar-refractivity contribution in [1.29, 1.82) is 0 Å². The van der Waals surface area contributed by atoms with E-state index in [1.807, 2.05) is 0 Å². The second-order valence-electron chi connectivity index (χ2n) is 8.44. The zero-order valence-electron chi connectivity index (χ0n) is 14.3. The summed E-state index contributed by atoms with van der Waals surface area (Å²) >= 11 is 0. The molecule has 3 N–H and O–H groups in total. The van der Waals surface area contributed by atoms with Gasteiger partial charge in [0.1, 0.15) is 0 Å². The molecule has 1 aliphatic carbocycles. The Morgan fingerprint density at radius 3 is 2.48 bits per heavy atom. The lowest BCUT2D eigenvalue weighted by molar-refractivity contribution is 0.103. The monoisotopic (exact) mass is 296 g/mol. The molecule has 3 nitrogen and oxygen atoms in total. The highest BCUT2D eigenvalue weighted by Gasteiger charge is 2.32. The molecule has 124 valence electrons. The average molecular weight is 296 g/mol. The van der Waals surface area contributed by atoms with Gasteiger partial charge < -0.3 is 15.7 Å². The predicted molar refractivity (Wildman–Crippen MR) is 89.5 cm³/mol. The van der Waals surface area contributed by atoms with E-state index >= 15 is 0 Å². The van der Waals surface area contributed by atoms with Gasteiger partial charge in [0, 0.05) is 18.6 Å². The van der Waals surface area contributed by atoms with Gasteiger partial charge in [-0.3, -0.25) is 0 Å². The molecular weight excluding hydrogens is 260 g/mol. The van der Waals surface area contributed by atoms with Gasteiger partial charge >= 0.3 is 0 Å². The van der Waals surface area contributed by atoms with Crippen molar-refractivity contribution >= 4 is 0 Å². The number of aliphatic hydroxyl groups excluding tert-OH is 1. The molecule has 0 bridgehead atoms. The molecule has 4 atom stereocenters. The summed E-state index contributed by atoms with van der Waals surface area (Å²) in [5.41, 5.74) is 0.206. The van der Waals surface area contributed by atoms with Crippen LogP contribution in [0.1, 0.15) is 72.1 Å². The first-order valence-electron chi connectivity index (χ1n) is 9.10. The molecule has 0 amide bonds. The number of hydrogen-bond acceptors (Lipinski definition) is 3. The Bertz CT molecular complexity index is 294. The van der Waals surface area contributed by atoms with E-state index < -0.39 is 0 Å². The predicted octanol–water partition coefficient (Wildman–Crippen LogP) is 3.07. The number of aliphatic hydroxyl groups is 1. The summed E-state index contributed by atoms with van der Waals surface area (Å²) in [6, 6.07) is 1.31. The van der Waals surface area contributed by atoms with E-state index in [9.17, 15) is 5.11 Å². The van der Waals surface area contributed by atoms with Gasteiger partial charge in [0.05, 0.1) is 6.10 Å². The lowest BCUT2D eigenvalue weighted by Crippen LogP contribution is -2.51. The maximum Gasteiger partial charge on any atom is 0.0669 e. The molecule has 21 heavy (non-hydrogen) atoms. The normalized spacial score (nSPS) is 32.9. The summed E-state index contributed by atoms with van der Waals surface area (Å²) in [6.45, 7) is 8.55. The first-order chi connectivity index (χ1) is 9.96. The molecule has 0 aromatic rings. The molecule has 1 saturated heterocycles. The van der Waals surface area contributed by atoms with Crippen molar-refractivity contribution in [3.8, 4) is 0 Å². The van der Waals surface area contributed by atoms with Crippen molar-refractivity contribution in [1.82, 2.24) is 10.6 Å². The van der Waals surface area contributed by atoms with Crippen LogP contribution < -0.4 is 10.6 Å². The second kappa shape index (κ2) is 7.94. The molecular formula is C18H36N2O. The fraction of sp³-hybridized carbons (Fsp3) is 1.00. The highest BCUT2D eigenvalue weighted by atomic mass is 16.3. The third-order valence-electron chi connectivity index (χ3n) is 5.15. The van der Waals surface area contributed by atoms with E-state index in [2.05, 4.69) is 31.4 Å². The summed E-state index contributed by atoms with van der Waals surface area (Å²) in [5.74, 6) is 0.765. The van der Waals surface area contributed by atoms with Crippen LogP contribution in [0, 0.1) is 11.3 Å². The number of hydrogen-bond donors (Lipinski definition) is 3. The van der Waals surface area contributed by atoms with Crippen molar-refractivity contribution in [2.24, 2.45) is 11.3 Å². The van der Waals surface area contributed by atoms with Gasteiger partial charge in [-0.1, -0.05) is 40.0 Å². The van der Waals surface area contributed by atoms with Crippen LogP contribution in [0.5, 0.6) is 0 Å². The second-order valence-corrected chi connectivity index (χ2v) is 8.44. The quantitative estimate of drug-likeness (QED) is 0.730. The van der Waals surface area contributed by atoms with Crippen molar-refractivity contribution in [3.63, 3.8) is 0 Å². The van der Waals surface area contributed by atoms with Crippen LogP contribution in [0.25, 0.3) is 0 Å². The van der Waals surface area contributed by atoms with Gasteiger partial charge in [0.25, 0.3) is 0 Å². The summed E-state index contributed by atoms with van der Waals surface area (Å²) in [6.07, 6.45) is 10.1. The fourth-order valence-electron chi connectivity index (χ4n) is 4.21. The van der Waals surface area contributed by atoms with Gasteiger partial charge in [-0.25, -0.2) is 0 Å². The first kappa shape index (κ1) is 17.2. The highest BCUT2D eigenvalue weighted by molar-refractivity contribution is 4.91. The Morgan fingerprint density at radius 2 is 1.81 bits per heavy atom. The maximum absolute atomic E-state index is 10.2. The van der Waals surface area contributed by atoms with Gasteiger partial charge in [0.15, 0.2) is 0 Å². The molecule has 4 unspecified atom stereocenters. The van der Waals surface area contributed by atoms with Crippen LogP contribution in [0.15, 0.2) is 0 Å². The Labute approximate surface area is 131 Å². The highest BCUT2D eigenvalue weighted by Crippen LogP contribution is 2.30. The Hall–Kier alpha value is -0.120. The topological polar surface area (TPSA) is 44.3 Å². The number of nitrogens with one attached hydrogen (secondary N) is 2. The van der Waals surface area contributed by atoms with E-state index in [0.717, 1.165) is 18.9 Å². The minimum Gasteiger partial charge on any atom is -0.392 e. The molecule has 1 saturated carbocycles. The Kier molecular flexibility index (Phi) is 6.51. The van der Waals surface area contributed by atoms with Crippen molar-refractivity contribution in [2.75, 3.05) is 13.1 Å². The molecule has 0 aromatic heterocycles. The van der Waals surface area contributed by atoms with Crippen LogP contribution in [-0.2, 0) is 0 Å². The Morgan fingerprint density at radius 1 is 1.10 bits per heavy atom. The largest absolute Gasteiger partial charge is 0.392 e. The smallest absolute Gasteiger partial charge is 0.0669 e. The molecule has 3 heteroatoms. The zero-order valence-corrected chi connectivity index (χ0v) is 14.3. The summed E-state index contributed by atoms with van der Waals surface area (Å²) < 4.78 is 0. The average Bonchev–Trinajstić information content (AvgIpc) is 2.45. The summed E-state index contributed by atoms with van der Waals surface area (Å²) in [7, 11) is 0. The van der Waals surface area contributed by atoms with Crippen molar-refractivity contribution in [2.45, 2.75) is 90.3 Å². The van der Waals surface area contributed by atoms with Crippen molar-refractivity contribution < 1.29 is 5.11 Å². The van der Waals surface area contributed by atoms with Crippen LogP contribution in [0.2, 0.25) is 0 Å². The maximum atomic E-state index is 10.2. The fourth-order valence-corrected chi connectivity index (χ4v) is 4.21.